The van der Waals surface area contributed by atoms with Gasteiger partial charge in [-0.1, -0.05) is 18.2 Å². The number of halogens is 4. The van der Waals surface area contributed by atoms with Gasteiger partial charge in [0.05, 0.1) is 10.8 Å². The minimum atomic E-state index is -4.92. The minimum Gasteiger partial charge on any atom is -0.376 e. The molecular weight excluding hydrogens is 582 g/mol. The van der Waals surface area contributed by atoms with Crippen LogP contribution in [-0.2, 0) is 25.6 Å². The van der Waals surface area contributed by atoms with Gasteiger partial charge >= 0.3 is 22.3 Å². The Labute approximate surface area is 226 Å². The number of hydrogen-bond donors (Lipinski definition) is 1. The summed E-state index contributed by atoms with van der Waals surface area (Å²) in [6.45, 7) is 0.388. The smallest absolute Gasteiger partial charge is 0.376 e. The Balaban J connectivity index is 1.69. The zero-order valence-corrected chi connectivity index (χ0v) is 22.7. The standard InChI is InChI=1S/C24H22F4N3O5S3/c1-23(32,24(26,27)28)17-4-8-19(9-5-17)31-13-12-30(39(35,36)22-3-2-14-37-22)16-20(31)15-29-38(33,34)21-10-6-18(25)7-11-21/h2-11,14,20,32H,12-13,16H2,1H3/q+1/t20-,23+/m0/s1. The number of thiophene rings is 1. The van der Waals surface area contributed by atoms with E-state index in [1.165, 1.54) is 18.2 Å². The molecule has 1 aromatic heterocycles. The van der Waals surface area contributed by atoms with Gasteiger partial charge in [-0.2, -0.15) is 17.5 Å². The third-order valence-electron chi connectivity index (χ3n) is 6.18. The minimum absolute atomic E-state index is 0.00879. The Morgan fingerprint density at radius 1 is 1.00 bits per heavy atom. The van der Waals surface area contributed by atoms with Gasteiger partial charge in [0.2, 0.25) is 0 Å². The molecule has 2 aromatic carbocycles. The molecule has 4 rings (SSSR count). The summed E-state index contributed by atoms with van der Waals surface area (Å²) in [7, 11) is -8.24. The molecule has 8 nitrogen and oxygen atoms in total. The zero-order valence-electron chi connectivity index (χ0n) is 20.2. The monoisotopic (exact) mass is 604 g/mol. The van der Waals surface area contributed by atoms with Crippen molar-refractivity contribution in [3.05, 3.63) is 81.7 Å². The van der Waals surface area contributed by atoms with Crippen molar-refractivity contribution in [1.82, 2.24) is 4.31 Å². The summed E-state index contributed by atoms with van der Waals surface area (Å²) < 4.78 is 109. The van der Waals surface area contributed by atoms with Gasteiger partial charge in [0.15, 0.2) is 16.5 Å². The first-order valence-corrected chi connectivity index (χ1v) is 15.1. The fraction of sp³-hybridized carbons (Fsp3) is 0.292. The van der Waals surface area contributed by atoms with Gasteiger partial charge in [-0.25, -0.2) is 12.8 Å². The first kappa shape index (κ1) is 29.0. The highest BCUT2D eigenvalue weighted by atomic mass is 32.2. The van der Waals surface area contributed by atoms with Crippen LogP contribution in [0.1, 0.15) is 12.5 Å². The summed E-state index contributed by atoms with van der Waals surface area (Å²) in [5.74, 6) is -0.650. The van der Waals surface area contributed by atoms with Gasteiger partial charge in [0, 0.05) is 18.8 Å². The Hall–Kier alpha value is -3.03. The molecule has 0 radical (unpaired) electrons. The normalized spacial score (nSPS) is 18.7. The van der Waals surface area contributed by atoms with E-state index in [0.29, 0.717) is 12.6 Å². The fourth-order valence-corrected chi connectivity index (χ4v) is 7.29. The van der Waals surface area contributed by atoms with E-state index < -0.39 is 49.2 Å². The second kappa shape index (κ2) is 10.5. The summed E-state index contributed by atoms with van der Waals surface area (Å²) in [5.41, 5.74) is -3.18. The topological polar surface area (TPSA) is 99.3 Å². The van der Waals surface area contributed by atoms with E-state index in [2.05, 4.69) is 10.3 Å². The average Bonchev–Trinajstić information content (AvgIpc) is 3.43. The molecular formula is C24H22F4N3O5S3+. The summed E-state index contributed by atoms with van der Waals surface area (Å²) in [4.78, 5) is 1.25. The molecule has 1 aliphatic heterocycles. The molecule has 0 aliphatic carbocycles. The van der Waals surface area contributed by atoms with E-state index in [1.807, 2.05) is 0 Å². The molecule has 2 heterocycles. The van der Waals surface area contributed by atoms with Crippen LogP contribution in [0.3, 0.4) is 0 Å². The lowest BCUT2D eigenvalue weighted by atomic mass is 9.95. The number of benzene rings is 2. The van der Waals surface area contributed by atoms with Gasteiger partial charge in [-0.05, 0) is 60.3 Å². The third-order valence-corrected chi connectivity index (χ3v) is 10.6. The first-order valence-electron chi connectivity index (χ1n) is 11.3. The SMILES string of the molecule is C[C@@](O)(c1ccc(N2CCN(S(=O)(=O)c3cccs3)C[C@@H]2C#[N+]S(=O)(=O)c2ccc(F)cc2)cc1)C(F)(F)F. The van der Waals surface area contributed by atoms with Crippen molar-refractivity contribution in [3.8, 4) is 6.07 Å². The van der Waals surface area contributed by atoms with E-state index in [9.17, 15) is 39.5 Å². The van der Waals surface area contributed by atoms with E-state index in [0.717, 1.165) is 52.0 Å². The largest absolute Gasteiger partial charge is 0.510 e. The number of aliphatic hydroxyl groups is 1. The number of rotatable bonds is 5. The molecule has 1 aliphatic rings. The Morgan fingerprint density at radius 2 is 1.64 bits per heavy atom. The molecule has 0 unspecified atom stereocenters. The van der Waals surface area contributed by atoms with Gasteiger partial charge in [-0.15, -0.1) is 19.8 Å². The molecule has 1 saturated heterocycles. The van der Waals surface area contributed by atoms with Crippen LogP contribution < -0.4 is 4.90 Å². The Bertz CT molecular complexity index is 1600. The van der Waals surface area contributed by atoms with Crippen molar-refractivity contribution >= 4 is 37.1 Å². The number of piperazine rings is 1. The van der Waals surface area contributed by atoms with Crippen LogP contribution in [-0.4, -0.2) is 58.1 Å². The highest BCUT2D eigenvalue weighted by Gasteiger charge is 2.51. The molecule has 1 N–H and O–H groups in total. The predicted molar refractivity (Wildman–Crippen MR) is 137 cm³/mol. The molecule has 0 amide bonds. The lowest BCUT2D eigenvalue weighted by molar-refractivity contribution is -0.258. The fourth-order valence-electron chi connectivity index (χ4n) is 3.86. The zero-order chi connectivity index (χ0) is 28.6. The average molecular weight is 605 g/mol. The van der Waals surface area contributed by atoms with Crippen LogP contribution in [0.2, 0.25) is 0 Å². The number of alkyl halides is 3. The maximum absolute atomic E-state index is 13.3. The summed E-state index contributed by atoms with van der Waals surface area (Å²) in [6, 6.07) is 13.1. The quantitative estimate of drug-likeness (QED) is 0.437. The van der Waals surface area contributed by atoms with Crippen LogP contribution in [0.15, 0.2) is 75.1 Å². The molecule has 0 bridgehead atoms. The van der Waals surface area contributed by atoms with E-state index in [-0.39, 0.29) is 28.7 Å². The highest BCUT2D eigenvalue weighted by Crippen LogP contribution is 2.39. The molecule has 3 aromatic rings. The summed E-state index contributed by atoms with van der Waals surface area (Å²) in [5, 5.41) is 11.6. The van der Waals surface area contributed by atoms with Gasteiger partial charge < -0.3 is 10.0 Å². The summed E-state index contributed by atoms with van der Waals surface area (Å²) >= 11 is 1.01. The number of anilines is 1. The molecule has 15 heteroatoms. The molecule has 1 fully saturated rings. The lowest BCUT2D eigenvalue weighted by Gasteiger charge is -2.37. The van der Waals surface area contributed by atoms with Crippen LogP contribution >= 0.6 is 11.3 Å². The van der Waals surface area contributed by atoms with Gasteiger partial charge in [-0.3, -0.25) is 0 Å². The molecule has 0 spiro atoms. The second-order valence-electron chi connectivity index (χ2n) is 8.77. The molecule has 0 saturated carbocycles. The number of nitrogens with zero attached hydrogens (tertiary/aromatic N) is 3. The predicted octanol–water partition coefficient (Wildman–Crippen LogP) is 4.26. The number of hydrogen-bond acceptors (Lipinski definition) is 7. The second-order valence-corrected chi connectivity index (χ2v) is 13.5. The van der Waals surface area contributed by atoms with Crippen LogP contribution in [0.4, 0.5) is 23.2 Å². The van der Waals surface area contributed by atoms with E-state index >= 15 is 0 Å². The van der Waals surface area contributed by atoms with Crippen molar-refractivity contribution in [1.29, 1.82) is 0 Å². The van der Waals surface area contributed by atoms with Crippen LogP contribution in [0.25, 0.3) is 4.25 Å². The Morgan fingerprint density at radius 3 is 2.21 bits per heavy atom. The van der Waals surface area contributed by atoms with Crippen molar-refractivity contribution in [2.45, 2.75) is 33.8 Å². The third kappa shape index (κ3) is 5.94. The van der Waals surface area contributed by atoms with Crippen molar-refractivity contribution in [3.63, 3.8) is 0 Å². The maximum Gasteiger partial charge on any atom is 0.510 e. The number of sulfonamides is 2. The van der Waals surface area contributed by atoms with Gasteiger partial charge in [0.25, 0.3) is 10.0 Å². The van der Waals surface area contributed by atoms with E-state index in [1.54, 1.807) is 16.3 Å². The van der Waals surface area contributed by atoms with Crippen molar-refractivity contribution < 1.29 is 39.5 Å². The summed E-state index contributed by atoms with van der Waals surface area (Å²) in [6.07, 6.45) is -4.92. The molecule has 39 heavy (non-hydrogen) atoms. The molecule has 2 atom stereocenters. The highest BCUT2D eigenvalue weighted by molar-refractivity contribution is 7.93. The Kier molecular flexibility index (Phi) is 7.80. The maximum atomic E-state index is 13.3. The lowest BCUT2D eigenvalue weighted by Crippen LogP contribution is -2.54. The van der Waals surface area contributed by atoms with Crippen LogP contribution in [0.5, 0.6) is 0 Å². The van der Waals surface area contributed by atoms with Crippen molar-refractivity contribution in [2.75, 3.05) is 24.5 Å². The van der Waals surface area contributed by atoms with Gasteiger partial charge in [0.1, 0.15) is 10.0 Å². The first-order chi connectivity index (χ1) is 18.1. The van der Waals surface area contributed by atoms with Crippen molar-refractivity contribution in [2.24, 2.45) is 0 Å². The van der Waals surface area contributed by atoms with E-state index in [4.69, 9.17) is 0 Å². The van der Waals surface area contributed by atoms with Crippen LogP contribution in [0, 0.1) is 11.9 Å². The molecule has 208 valence electrons.